The van der Waals surface area contributed by atoms with Gasteiger partial charge in [-0.2, -0.15) is 18.3 Å². The molecule has 0 aliphatic carbocycles. The molecule has 0 radical (unpaired) electrons. The van der Waals surface area contributed by atoms with Crippen molar-refractivity contribution in [1.82, 2.24) is 14.7 Å². The summed E-state index contributed by atoms with van der Waals surface area (Å²) in [6, 6.07) is 7.27. The van der Waals surface area contributed by atoms with Crippen molar-refractivity contribution in [2.75, 3.05) is 20.2 Å². The fourth-order valence-corrected chi connectivity index (χ4v) is 3.46. The van der Waals surface area contributed by atoms with Gasteiger partial charge in [-0.1, -0.05) is 12.1 Å². The average Bonchev–Trinajstić information content (AvgIpc) is 3.19. The van der Waals surface area contributed by atoms with Crippen LogP contribution in [0.25, 0.3) is 0 Å². The summed E-state index contributed by atoms with van der Waals surface area (Å²) in [7, 11) is 1.61. The average molecular weight is 381 g/mol. The molecular weight excluding hydrogens is 359 g/mol. The van der Waals surface area contributed by atoms with Crippen molar-refractivity contribution < 1.29 is 22.7 Å². The summed E-state index contributed by atoms with van der Waals surface area (Å²) in [6.45, 7) is 0.915. The Hall–Kier alpha value is -2.51. The van der Waals surface area contributed by atoms with Crippen molar-refractivity contribution >= 4 is 5.91 Å². The van der Waals surface area contributed by atoms with E-state index < -0.39 is 24.5 Å². The minimum absolute atomic E-state index is 0.296. The summed E-state index contributed by atoms with van der Waals surface area (Å²) in [5, 5.41) is 3.66. The van der Waals surface area contributed by atoms with Crippen LogP contribution in [0.5, 0.6) is 5.75 Å². The molecular formula is C19H22F3N3O2. The lowest BCUT2D eigenvalue weighted by Gasteiger charge is -2.33. The molecule has 1 aliphatic rings. The third-order valence-electron chi connectivity index (χ3n) is 5.02. The Kier molecular flexibility index (Phi) is 5.72. The number of carbonyl (C=O) groups is 1. The Morgan fingerprint density at radius 2 is 1.93 bits per heavy atom. The molecule has 1 saturated heterocycles. The molecule has 1 aliphatic heterocycles. The number of benzene rings is 1. The van der Waals surface area contributed by atoms with Gasteiger partial charge in [0, 0.05) is 25.5 Å². The van der Waals surface area contributed by atoms with Crippen LogP contribution in [-0.2, 0) is 4.79 Å². The molecule has 2 heterocycles. The molecule has 1 fully saturated rings. The lowest BCUT2D eigenvalue weighted by molar-refractivity contribution is -0.177. The third kappa shape index (κ3) is 4.61. The maximum atomic E-state index is 13.3. The highest BCUT2D eigenvalue weighted by Crippen LogP contribution is 2.34. The zero-order valence-corrected chi connectivity index (χ0v) is 15.0. The number of methoxy groups -OCH3 is 1. The first kappa shape index (κ1) is 19.3. The van der Waals surface area contributed by atoms with Gasteiger partial charge < -0.3 is 9.64 Å². The SMILES string of the molecule is COc1ccc(C2CCN(C(=O)CC(n3cccn3)C(F)(F)F)CC2)cc1. The van der Waals surface area contributed by atoms with Crippen LogP contribution in [0, 0.1) is 0 Å². The molecule has 146 valence electrons. The van der Waals surface area contributed by atoms with Crippen molar-refractivity contribution in [2.24, 2.45) is 0 Å². The lowest BCUT2D eigenvalue weighted by atomic mass is 9.89. The van der Waals surface area contributed by atoms with Gasteiger partial charge in [-0.3, -0.25) is 9.48 Å². The van der Waals surface area contributed by atoms with E-state index in [2.05, 4.69) is 5.10 Å². The molecule has 0 saturated carbocycles. The van der Waals surface area contributed by atoms with Gasteiger partial charge in [0.1, 0.15) is 5.75 Å². The number of piperidine rings is 1. The molecule has 1 aromatic heterocycles. The summed E-state index contributed by atoms with van der Waals surface area (Å²) >= 11 is 0. The molecule has 1 unspecified atom stereocenters. The number of rotatable bonds is 5. The maximum absolute atomic E-state index is 13.3. The quantitative estimate of drug-likeness (QED) is 0.792. The number of carbonyl (C=O) groups excluding carboxylic acids is 1. The lowest BCUT2D eigenvalue weighted by Crippen LogP contribution is -2.40. The molecule has 27 heavy (non-hydrogen) atoms. The number of ether oxygens (including phenoxy) is 1. The molecule has 1 atom stereocenters. The summed E-state index contributed by atoms with van der Waals surface area (Å²) in [6.07, 6.45) is -1.17. The number of likely N-dealkylation sites (tertiary alicyclic amines) is 1. The van der Waals surface area contributed by atoms with E-state index >= 15 is 0 Å². The van der Waals surface area contributed by atoms with Crippen LogP contribution < -0.4 is 4.74 Å². The van der Waals surface area contributed by atoms with Crippen molar-refractivity contribution in [3.05, 3.63) is 48.3 Å². The Bertz CT molecular complexity index is 737. The second-order valence-corrected chi connectivity index (χ2v) is 6.68. The highest BCUT2D eigenvalue weighted by molar-refractivity contribution is 5.76. The first-order valence-corrected chi connectivity index (χ1v) is 8.86. The molecule has 0 N–H and O–H groups in total. The first-order valence-electron chi connectivity index (χ1n) is 8.86. The number of alkyl halides is 3. The van der Waals surface area contributed by atoms with Crippen LogP contribution in [0.4, 0.5) is 13.2 Å². The van der Waals surface area contributed by atoms with E-state index in [-0.39, 0.29) is 0 Å². The molecule has 8 heteroatoms. The molecule has 2 aromatic rings. The number of hydrogen-bond acceptors (Lipinski definition) is 3. The second-order valence-electron chi connectivity index (χ2n) is 6.68. The van der Waals surface area contributed by atoms with E-state index in [1.165, 1.54) is 23.4 Å². The second kappa shape index (κ2) is 8.02. The van der Waals surface area contributed by atoms with Gasteiger partial charge in [-0.25, -0.2) is 0 Å². The van der Waals surface area contributed by atoms with E-state index in [9.17, 15) is 18.0 Å². The fourth-order valence-electron chi connectivity index (χ4n) is 3.46. The van der Waals surface area contributed by atoms with Crippen molar-refractivity contribution in [3.8, 4) is 5.75 Å². The summed E-state index contributed by atoms with van der Waals surface area (Å²) < 4.78 is 45.9. The predicted molar refractivity (Wildman–Crippen MR) is 93.5 cm³/mol. The maximum Gasteiger partial charge on any atom is 0.411 e. The molecule has 0 spiro atoms. The van der Waals surface area contributed by atoms with Gasteiger partial charge in [0.05, 0.1) is 13.5 Å². The van der Waals surface area contributed by atoms with E-state index in [0.717, 1.165) is 28.8 Å². The molecule has 1 amide bonds. The van der Waals surface area contributed by atoms with Crippen molar-refractivity contribution in [3.63, 3.8) is 0 Å². The van der Waals surface area contributed by atoms with Crippen LogP contribution in [0.2, 0.25) is 0 Å². The van der Waals surface area contributed by atoms with Gasteiger partial charge in [0.2, 0.25) is 5.91 Å². The molecule has 3 rings (SSSR count). The highest BCUT2D eigenvalue weighted by Gasteiger charge is 2.43. The number of hydrogen-bond donors (Lipinski definition) is 0. The van der Waals surface area contributed by atoms with Gasteiger partial charge in [-0.05, 0) is 42.5 Å². The standard InChI is InChI=1S/C19H22F3N3O2/c1-27-16-5-3-14(4-6-16)15-7-11-24(12-8-15)18(26)13-17(19(20,21)22)25-10-2-9-23-25/h2-6,9-10,15,17H,7-8,11-13H2,1H3. The van der Waals surface area contributed by atoms with E-state index in [0.29, 0.717) is 19.0 Å². The number of amides is 1. The van der Waals surface area contributed by atoms with Crippen LogP contribution in [0.1, 0.15) is 36.8 Å². The molecule has 0 bridgehead atoms. The third-order valence-corrected chi connectivity index (χ3v) is 5.02. The first-order chi connectivity index (χ1) is 12.9. The Balaban J connectivity index is 1.59. The van der Waals surface area contributed by atoms with Crippen molar-refractivity contribution in [1.29, 1.82) is 0 Å². The van der Waals surface area contributed by atoms with E-state index in [4.69, 9.17) is 4.74 Å². The van der Waals surface area contributed by atoms with Gasteiger partial charge in [0.25, 0.3) is 0 Å². The summed E-state index contributed by atoms with van der Waals surface area (Å²) in [5.41, 5.74) is 1.16. The summed E-state index contributed by atoms with van der Waals surface area (Å²) in [5.74, 6) is 0.591. The number of halogens is 3. The van der Waals surface area contributed by atoms with Gasteiger partial charge >= 0.3 is 6.18 Å². The van der Waals surface area contributed by atoms with Crippen LogP contribution in [-0.4, -0.2) is 47.0 Å². The minimum atomic E-state index is -4.52. The van der Waals surface area contributed by atoms with Crippen molar-refractivity contribution in [2.45, 2.75) is 37.4 Å². The smallest absolute Gasteiger partial charge is 0.411 e. The Labute approximate surface area is 155 Å². The number of nitrogens with zero attached hydrogens (tertiary/aromatic N) is 3. The number of aromatic nitrogens is 2. The highest BCUT2D eigenvalue weighted by atomic mass is 19.4. The monoisotopic (exact) mass is 381 g/mol. The Morgan fingerprint density at radius 3 is 2.44 bits per heavy atom. The van der Waals surface area contributed by atoms with Crippen LogP contribution in [0.15, 0.2) is 42.7 Å². The minimum Gasteiger partial charge on any atom is -0.497 e. The zero-order valence-electron chi connectivity index (χ0n) is 15.0. The van der Waals surface area contributed by atoms with Gasteiger partial charge in [0.15, 0.2) is 6.04 Å². The summed E-state index contributed by atoms with van der Waals surface area (Å²) in [4.78, 5) is 14.0. The van der Waals surface area contributed by atoms with E-state index in [1.54, 1.807) is 7.11 Å². The Morgan fingerprint density at radius 1 is 1.26 bits per heavy atom. The normalized spacial score (nSPS) is 17.0. The largest absolute Gasteiger partial charge is 0.497 e. The predicted octanol–water partition coefficient (Wildman–Crippen LogP) is 3.79. The fraction of sp³-hybridized carbons (Fsp3) is 0.474. The van der Waals surface area contributed by atoms with Crippen LogP contribution >= 0.6 is 0 Å². The van der Waals surface area contributed by atoms with Crippen LogP contribution in [0.3, 0.4) is 0 Å². The molecule has 1 aromatic carbocycles. The van der Waals surface area contributed by atoms with Gasteiger partial charge in [-0.15, -0.1) is 0 Å². The molecule has 5 nitrogen and oxygen atoms in total. The zero-order chi connectivity index (χ0) is 19.4. The van der Waals surface area contributed by atoms with E-state index in [1.807, 2.05) is 24.3 Å². The topological polar surface area (TPSA) is 47.4 Å².